The van der Waals surface area contributed by atoms with Crippen molar-refractivity contribution in [3.63, 3.8) is 0 Å². The topological polar surface area (TPSA) is 71.1 Å². The van der Waals surface area contributed by atoms with Gasteiger partial charge in [-0.3, -0.25) is 0 Å². The fourth-order valence-corrected chi connectivity index (χ4v) is 3.19. The molecule has 108 valence electrons. The second-order valence-electron chi connectivity index (χ2n) is 4.72. The monoisotopic (exact) mass is 305 g/mol. The molecule has 1 aliphatic rings. The van der Waals surface area contributed by atoms with E-state index in [-0.39, 0.29) is 17.4 Å². The average Bonchev–Trinajstić information content (AvgIpc) is 2.38. The molecule has 0 unspecified atom stereocenters. The van der Waals surface area contributed by atoms with Gasteiger partial charge in [-0.2, -0.15) is 0 Å². The third-order valence-corrected chi connectivity index (χ3v) is 4.51. The van der Waals surface area contributed by atoms with Gasteiger partial charge in [-0.05, 0) is 56.5 Å². The van der Waals surface area contributed by atoms with Crippen molar-refractivity contribution in [3.05, 3.63) is 23.9 Å². The molecule has 0 radical (unpaired) electrons. The van der Waals surface area contributed by atoms with Gasteiger partial charge in [-0.15, -0.1) is 12.4 Å². The Morgan fingerprint density at radius 2 is 2.11 bits per heavy atom. The molecule has 1 fully saturated rings. The van der Waals surface area contributed by atoms with Crippen LogP contribution in [-0.4, -0.2) is 33.0 Å². The number of sulfonamides is 1. The van der Waals surface area contributed by atoms with Crippen LogP contribution in [-0.2, 0) is 10.0 Å². The van der Waals surface area contributed by atoms with Gasteiger partial charge in [0, 0.05) is 12.7 Å². The van der Waals surface area contributed by atoms with Crippen LogP contribution in [0.15, 0.2) is 23.4 Å². The van der Waals surface area contributed by atoms with Crippen molar-refractivity contribution in [2.45, 2.75) is 24.8 Å². The summed E-state index contributed by atoms with van der Waals surface area (Å²) in [5.41, 5.74) is 0.896. The number of hydrogen-bond acceptors (Lipinski definition) is 4. The van der Waals surface area contributed by atoms with E-state index in [1.807, 2.05) is 6.92 Å². The van der Waals surface area contributed by atoms with Crippen LogP contribution < -0.4 is 10.0 Å². The van der Waals surface area contributed by atoms with Crippen molar-refractivity contribution < 1.29 is 8.42 Å². The molecule has 0 aromatic carbocycles. The molecule has 19 heavy (non-hydrogen) atoms. The van der Waals surface area contributed by atoms with E-state index in [1.54, 1.807) is 12.1 Å². The molecule has 2 rings (SSSR count). The molecule has 0 amide bonds. The van der Waals surface area contributed by atoms with Crippen molar-refractivity contribution in [3.8, 4) is 0 Å². The fraction of sp³-hybridized carbons (Fsp3) is 0.583. The van der Waals surface area contributed by atoms with Crippen LogP contribution in [0.3, 0.4) is 0 Å². The minimum atomic E-state index is -3.46. The molecular formula is C12H20ClN3O2S. The van der Waals surface area contributed by atoms with Crippen molar-refractivity contribution >= 4 is 22.4 Å². The lowest BCUT2D eigenvalue weighted by molar-refractivity contribution is 0.372. The highest BCUT2D eigenvalue weighted by molar-refractivity contribution is 7.89. The van der Waals surface area contributed by atoms with Crippen molar-refractivity contribution in [2.75, 3.05) is 19.6 Å². The van der Waals surface area contributed by atoms with Gasteiger partial charge in [0.25, 0.3) is 10.0 Å². The number of pyridine rings is 1. The number of piperidine rings is 1. The minimum Gasteiger partial charge on any atom is -0.317 e. The maximum atomic E-state index is 12.0. The quantitative estimate of drug-likeness (QED) is 0.873. The molecule has 0 spiro atoms. The first-order chi connectivity index (χ1) is 8.58. The number of hydrogen-bond donors (Lipinski definition) is 2. The van der Waals surface area contributed by atoms with E-state index < -0.39 is 10.0 Å². The van der Waals surface area contributed by atoms with Gasteiger partial charge in [0.05, 0.1) is 0 Å². The first-order valence-electron chi connectivity index (χ1n) is 6.21. The van der Waals surface area contributed by atoms with Crippen molar-refractivity contribution in [1.82, 2.24) is 15.0 Å². The summed E-state index contributed by atoms with van der Waals surface area (Å²) in [5.74, 6) is 0.422. The Labute approximate surface area is 120 Å². The normalized spacial score (nSPS) is 16.9. The lowest BCUT2D eigenvalue weighted by Gasteiger charge is -2.22. The number of rotatable bonds is 4. The van der Waals surface area contributed by atoms with Crippen LogP contribution in [0, 0.1) is 12.8 Å². The Kier molecular flexibility index (Phi) is 6.19. The summed E-state index contributed by atoms with van der Waals surface area (Å²) in [6.45, 7) is 4.29. The minimum absolute atomic E-state index is 0. The Morgan fingerprint density at radius 1 is 1.42 bits per heavy atom. The highest BCUT2D eigenvalue weighted by atomic mass is 35.5. The second kappa shape index (κ2) is 7.19. The molecule has 1 aromatic heterocycles. The van der Waals surface area contributed by atoms with Crippen molar-refractivity contribution in [1.29, 1.82) is 0 Å². The molecular weight excluding hydrogens is 286 g/mol. The summed E-state index contributed by atoms with van der Waals surface area (Å²) < 4.78 is 26.7. The molecule has 0 bridgehead atoms. The largest absolute Gasteiger partial charge is 0.317 e. The summed E-state index contributed by atoms with van der Waals surface area (Å²) in [6, 6.07) is 3.37. The van der Waals surface area contributed by atoms with Gasteiger partial charge in [-0.1, -0.05) is 0 Å². The Morgan fingerprint density at radius 3 is 2.74 bits per heavy atom. The zero-order valence-electron chi connectivity index (χ0n) is 10.9. The van der Waals surface area contributed by atoms with E-state index in [0.717, 1.165) is 31.5 Å². The smallest absolute Gasteiger partial charge is 0.258 e. The Bertz CT molecular complexity index is 501. The molecule has 1 aliphatic heterocycles. The molecule has 1 aromatic rings. The van der Waals surface area contributed by atoms with E-state index >= 15 is 0 Å². The van der Waals surface area contributed by atoms with Crippen LogP contribution >= 0.6 is 12.4 Å². The van der Waals surface area contributed by atoms with Gasteiger partial charge in [0.1, 0.15) is 0 Å². The number of nitrogens with zero attached hydrogens (tertiary/aromatic N) is 1. The van der Waals surface area contributed by atoms with Gasteiger partial charge < -0.3 is 5.32 Å². The highest BCUT2D eigenvalue weighted by Gasteiger charge is 2.19. The lowest BCUT2D eigenvalue weighted by Crippen LogP contribution is -2.36. The van der Waals surface area contributed by atoms with E-state index in [1.165, 1.54) is 6.20 Å². The SMILES string of the molecule is Cc1ccnc(S(=O)(=O)NCC2CCNCC2)c1.Cl. The summed E-state index contributed by atoms with van der Waals surface area (Å²) in [5, 5.41) is 3.37. The zero-order valence-corrected chi connectivity index (χ0v) is 12.6. The van der Waals surface area contributed by atoms with E-state index in [9.17, 15) is 8.42 Å². The number of halogens is 1. The third-order valence-electron chi connectivity index (χ3n) is 3.19. The predicted octanol–water partition coefficient (Wildman–Crippen LogP) is 1.09. The molecule has 0 atom stereocenters. The van der Waals surface area contributed by atoms with E-state index in [2.05, 4.69) is 15.0 Å². The first kappa shape index (κ1) is 16.4. The van der Waals surface area contributed by atoms with Gasteiger partial charge >= 0.3 is 0 Å². The van der Waals surface area contributed by atoms with Gasteiger partial charge in [0.2, 0.25) is 0 Å². The van der Waals surface area contributed by atoms with E-state index in [0.29, 0.717) is 12.5 Å². The molecule has 0 saturated carbocycles. The third kappa shape index (κ3) is 4.72. The highest BCUT2D eigenvalue weighted by Crippen LogP contribution is 2.12. The number of nitrogens with one attached hydrogen (secondary N) is 2. The maximum Gasteiger partial charge on any atom is 0.258 e. The molecule has 2 N–H and O–H groups in total. The number of aromatic nitrogens is 1. The summed E-state index contributed by atoms with van der Waals surface area (Å²) in [6.07, 6.45) is 3.56. The lowest BCUT2D eigenvalue weighted by atomic mass is 9.99. The van der Waals surface area contributed by atoms with E-state index in [4.69, 9.17) is 0 Å². The molecule has 2 heterocycles. The molecule has 0 aliphatic carbocycles. The van der Waals surface area contributed by atoms with Crippen LogP contribution in [0.1, 0.15) is 18.4 Å². The standard InChI is InChI=1S/C12H19N3O2S.ClH/c1-10-2-7-14-12(8-10)18(16,17)15-9-11-3-5-13-6-4-11;/h2,7-8,11,13,15H,3-6,9H2,1H3;1H. The summed E-state index contributed by atoms with van der Waals surface area (Å²) in [4.78, 5) is 3.91. The van der Waals surface area contributed by atoms with Crippen LogP contribution in [0.5, 0.6) is 0 Å². The van der Waals surface area contributed by atoms with Crippen LogP contribution in [0.25, 0.3) is 0 Å². The second-order valence-corrected chi connectivity index (χ2v) is 6.43. The zero-order chi connectivity index (χ0) is 13.0. The summed E-state index contributed by atoms with van der Waals surface area (Å²) >= 11 is 0. The van der Waals surface area contributed by atoms with Gasteiger partial charge in [0.15, 0.2) is 5.03 Å². The summed E-state index contributed by atoms with van der Waals surface area (Å²) in [7, 11) is -3.46. The Balaban J connectivity index is 0.00000180. The molecule has 7 heteroatoms. The molecule has 1 saturated heterocycles. The Hall–Kier alpha value is -0.690. The van der Waals surface area contributed by atoms with Gasteiger partial charge in [-0.25, -0.2) is 18.1 Å². The van der Waals surface area contributed by atoms with Crippen LogP contribution in [0.4, 0.5) is 0 Å². The maximum absolute atomic E-state index is 12.0. The van der Waals surface area contributed by atoms with Crippen LogP contribution in [0.2, 0.25) is 0 Å². The fourth-order valence-electron chi connectivity index (χ4n) is 2.04. The first-order valence-corrected chi connectivity index (χ1v) is 7.69. The predicted molar refractivity (Wildman–Crippen MR) is 77.0 cm³/mol. The van der Waals surface area contributed by atoms with Crippen molar-refractivity contribution in [2.24, 2.45) is 5.92 Å². The molecule has 5 nitrogen and oxygen atoms in total. The number of aryl methyl sites for hydroxylation is 1. The average molecular weight is 306 g/mol.